The van der Waals surface area contributed by atoms with E-state index in [2.05, 4.69) is 23.6 Å². The highest BCUT2D eigenvalue weighted by atomic mass is 19.1. The normalized spacial score (nSPS) is 13.7. The van der Waals surface area contributed by atoms with Gasteiger partial charge in [-0.3, -0.25) is 4.79 Å². The lowest BCUT2D eigenvalue weighted by Crippen LogP contribution is -2.51. The molecule has 0 saturated carbocycles. The largest absolute Gasteiger partial charge is 0.390 e. The molecular formula is C23H29F3N2O2. The maximum absolute atomic E-state index is 13.5. The molecule has 0 aromatic heterocycles. The van der Waals surface area contributed by atoms with Crippen molar-refractivity contribution in [1.29, 1.82) is 0 Å². The molecule has 164 valence electrons. The number of alkyl halides is 1. The number of halogens is 3. The Morgan fingerprint density at radius 2 is 1.77 bits per heavy atom. The van der Waals surface area contributed by atoms with Crippen LogP contribution in [-0.4, -0.2) is 36.4 Å². The topological polar surface area (TPSA) is 61.4 Å². The maximum atomic E-state index is 13.5. The van der Waals surface area contributed by atoms with Crippen LogP contribution in [0.4, 0.5) is 13.2 Å². The van der Waals surface area contributed by atoms with Crippen LogP contribution in [0.5, 0.6) is 0 Å². The molecular weight excluding hydrogens is 393 g/mol. The van der Waals surface area contributed by atoms with Gasteiger partial charge in [-0.1, -0.05) is 31.2 Å². The van der Waals surface area contributed by atoms with Crippen LogP contribution in [-0.2, 0) is 23.2 Å². The Morgan fingerprint density at radius 1 is 1.10 bits per heavy atom. The second kappa shape index (κ2) is 10.6. The van der Waals surface area contributed by atoms with Crippen LogP contribution in [0.2, 0.25) is 0 Å². The number of aliphatic hydroxyl groups excluding tert-OH is 1. The summed E-state index contributed by atoms with van der Waals surface area (Å²) in [7, 11) is 0. The fourth-order valence-electron chi connectivity index (χ4n) is 3.30. The first-order valence-electron chi connectivity index (χ1n) is 9.97. The summed E-state index contributed by atoms with van der Waals surface area (Å²) in [5.74, 6) is -2.42. The zero-order chi connectivity index (χ0) is 22.3. The predicted molar refractivity (Wildman–Crippen MR) is 111 cm³/mol. The molecule has 0 heterocycles. The van der Waals surface area contributed by atoms with Crippen molar-refractivity contribution < 1.29 is 23.1 Å². The van der Waals surface area contributed by atoms with E-state index in [0.717, 1.165) is 30.2 Å². The average Bonchev–Trinajstić information content (AvgIpc) is 2.70. The molecule has 2 rings (SSSR count). The molecule has 0 radical (unpaired) electrons. The van der Waals surface area contributed by atoms with Crippen LogP contribution >= 0.6 is 0 Å². The Kier molecular flexibility index (Phi) is 8.43. The number of rotatable bonds is 10. The van der Waals surface area contributed by atoms with Crippen molar-refractivity contribution in [3.8, 4) is 0 Å². The summed E-state index contributed by atoms with van der Waals surface area (Å²) < 4.78 is 39.7. The lowest BCUT2D eigenvalue weighted by Gasteiger charge is -2.31. The van der Waals surface area contributed by atoms with Crippen molar-refractivity contribution in [2.24, 2.45) is 0 Å². The molecule has 0 fully saturated rings. The van der Waals surface area contributed by atoms with E-state index in [1.807, 2.05) is 32.0 Å². The third-order valence-corrected chi connectivity index (χ3v) is 5.12. The first-order valence-corrected chi connectivity index (χ1v) is 9.97. The number of hydrogen-bond donors (Lipinski definition) is 3. The van der Waals surface area contributed by atoms with E-state index in [1.54, 1.807) is 0 Å². The lowest BCUT2D eigenvalue weighted by atomic mass is 9.91. The summed E-state index contributed by atoms with van der Waals surface area (Å²) in [5, 5.41) is 16.3. The van der Waals surface area contributed by atoms with E-state index in [1.165, 1.54) is 5.56 Å². The van der Waals surface area contributed by atoms with Gasteiger partial charge >= 0.3 is 0 Å². The molecule has 2 atom stereocenters. The van der Waals surface area contributed by atoms with E-state index < -0.39 is 41.9 Å². The first kappa shape index (κ1) is 23.9. The Morgan fingerprint density at radius 3 is 2.37 bits per heavy atom. The average molecular weight is 422 g/mol. The number of carbonyl (C=O) groups excluding carboxylic acids is 1. The summed E-state index contributed by atoms with van der Waals surface area (Å²) in [5.41, 5.74) is 1.99. The standard InChI is InChI=1S/C23H29F3N2O2/c1-4-15-6-5-7-17(8-15)23(2,3)27-14-21(29)20(28-22(30)13-24)11-16-9-18(25)12-19(26)10-16/h5-10,12,20-21,27,29H,4,11,13-14H2,1-3H3,(H,28,30). The quantitative estimate of drug-likeness (QED) is 0.550. The van der Waals surface area contributed by atoms with E-state index in [9.17, 15) is 23.1 Å². The fraction of sp³-hybridized carbons (Fsp3) is 0.435. The fourth-order valence-corrected chi connectivity index (χ4v) is 3.30. The number of hydrogen-bond acceptors (Lipinski definition) is 3. The number of carbonyl (C=O) groups is 1. The van der Waals surface area contributed by atoms with Gasteiger partial charge in [0.2, 0.25) is 0 Å². The van der Waals surface area contributed by atoms with Gasteiger partial charge < -0.3 is 15.7 Å². The van der Waals surface area contributed by atoms with Gasteiger partial charge in [0.15, 0.2) is 6.67 Å². The summed E-state index contributed by atoms with van der Waals surface area (Å²) in [6.07, 6.45) is -0.260. The molecule has 0 spiro atoms. The van der Waals surface area contributed by atoms with Gasteiger partial charge in [0.1, 0.15) is 11.6 Å². The first-order chi connectivity index (χ1) is 14.1. The summed E-state index contributed by atoms with van der Waals surface area (Å²) >= 11 is 0. The Hall–Kier alpha value is -2.38. The van der Waals surface area contributed by atoms with Crippen molar-refractivity contribution in [3.63, 3.8) is 0 Å². The number of amides is 1. The minimum absolute atomic E-state index is 0.0466. The van der Waals surface area contributed by atoms with Gasteiger partial charge in [0.25, 0.3) is 5.91 Å². The Bertz CT molecular complexity index is 838. The van der Waals surface area contributed by atoms with Crippen molar-refractivity contribution in [3.05, 3.63) is 70.8 Å². The van der Waals surface area contributed by atoms with Gasteiger partial charge in [0.05, 0.1) is 12.1 Å². The van der Waals surface area contributed by atoms with E-state index in [4.69, 9.17) is 0 Å². The van der Waals surface area contributed by atoms with Crippen molar-refractivity contribution in [1.82, 2.24) is 10.6 Å². The Labute approximate surface area is 175 Å². The summed E-state index contributed by atoms with van der Waals surface area (Å²) in [6.45, 7) is 4.83. The molecule has 30 heavy (non-hydrogen) atoms. The van der Waals surface area contributed by atoms with E-state index in [-0.39, 0.29) is 18.5 Å². The minimum Gasteiger partial charge on any atom is -0.390 e. The predicted octanol–water partition coefficient (Wildman–Crippen LogP) is 3.41. The highest BCUT2D eigenvalue weighted by Gasteiger charge is 2.26. The molecule has 0 bridgehead atoms. The van der Waals surface area contributed by atoms with Crippen LogP contribution in [0, 0.1) is 11.6 Å². The smallest absolute Gasteiger partial charge is 0.251 e. The number of nitrogens with one attached hydrogen (secondary N) is 2. The van der Waals surface area contributed by atoms with Gasteiger partial charge in [-0.2, -0.15) is 0 Å². The second-order valence-electron chi connectivity index (χ2n) is 7.92. The highest BCUT2D eigenvalue weighted by molar-refractivity contribution is 5.77. The maximum Gasteiger partial charge on any atom is 0.251 e. The molecule has 3 N–H and O–H groups in total. The molecule has 2 aromatic rings. The Balaban J connectivity index is 2.12. The summed E-state index contributed by atoms with van der Waals surface area (Å²) in [6, 6.07) is 10.1. The lowest BCUT2D eigenvalue weighted by molar-refractivity contribution is -0.123. The van der Waals surface area contributed by atoms with E-state index >= 15 is 0 Å². The number of benzene rings is 2. The van der Waals surface area contributed by atoms with E-state index in [0.29, 0.717) is 0 Å². The van der Waals surface area contributed by atoms with Gasteiger partial charge in [-0.15, -0.1) is 0 Å². The summed E-state index contributed by atoms with van der Waals surface area (Å²) in [4.78, 5) is 11.6. The molecule has 0 aliphatic carbocycles. The second-order valence-corrected chi connectivity index (χ2v) is 7.92. The third kappa shape index (κ3) is 6.85. The SMILES string of the molecule is CCc1cccc(C(C)(C)NCC(O)C(Cc2cc(F)cc(F)c2)NC(=O)CF)c1. The molecule has 1 amide bonds. The minimum atomic E-state index is -1.25. The molecule has 0 aliphatic heterocycles. The van der Waals surface area contributed by atoms with Crippen molar-refractivity contribution >= 4 is 5.91 Å². The van der Waals surface area contributed by atoms with Crippen molar-refractivity contribution in [2.45, 2.75) is 51.3 Å². The van der Waals surface area contributed by atoms with Crippen LogP contribution in [0.3, 0.4) is 0 Å². The van der Waals surface area contributed by atoms with Crippen LogP contribution in [0.1, 0.15) is 37.5 Å². The third-order valence-electron chi connectivity index (χ3n) is 5.12. The van der Waals surface area contributed by atoms with Crippen LogP contribution in [0.15, 0.2) is 42.5 Å². The van der Waals surface area contributed by atoms with Gasteiger partial charge in [-0.25, -0.2) is 13.2 Å². The van der Waals surface area contributed by atoms with Crippen LogP contribution in [0.25, 0.3) is 0 Å². The molecule has 0 aliphatic rings. The zero-order valence-electron chi connectivity index (χ0n) is 17.5. The zero-order valence-corrected chi connectivity index (χ0v) is 17.5. The molecule has 2 aromatic carbocycles. The monoisotopic (exact) mass is 422 g/mol. The highest BCUT2D eigenvalue weighted by Crippen LogP contribution is 2.21. The number of aliphatic hydroxyl groups is 1. The van der Waals surface area contributed by atoms with Gasteiger partial charge in [-0.05, 0) is 55.5 Å². The molecule has 2 unspecified atom stereocenters. The molecule has 7 heteroatoms. The van der Waals surface area contributed by atoms with Crippen LogP contribution < -0.4 is 10.6 Å². The number of aryl methyl sites for hydroxylation is 1. The molecule has 0 saturated heterocycles. The molecule has 4 nitrogen and oxygen atoms in total. The van der Waals surface area contributed by atoms with Gasteiger partial charge in [0, 0.05) is 18.2 Å². The van der Waals surface area contributed by atoms with Crippen molar-refractivity contribution in [2.75, 3.05) is 13.2 Å².